The molecule has 28 heavy (non-hydrogen) atoms. The third-order valence-electron chi connectivity index (χ3n) is 5.51. The van der Waals surface area contributed by atoms with Gasteiger partial charge in [-0.2, -0.15) is 0 Å². The first kappa shape index (κ1) is 19.9. The van der Waals surface area contributed by atoms with Crippen LogP contribution in [0.2, 0.25) is 0 Å². The first-order chi connectivity index (χ1) is 13.7. The van der Waals surface area contributed by atoms with Crippen LogP contribution in [0.15, 0.2) is 22.7 Å². The minimum absolute atomic E-state index is 0.117. The summed E-state index contributed by atoms with van der Waals surface area (Å²) < 4.78 is 7.88. The lowest BCUT2D eigenvalue weighted by atomic mass is 9.95. The molecule has 2 aliphatic rings. The van der Waals surface area contributed by atoms with E-state index in [1.54, 1.807) is 11.3 Å². The fraction of sp³-hybridized carbons (Fsp3) is 0.650. The molecule has 1 saturated carbocycles. The van der Waals surface area contributed by atoms with Crippen LogP contribution in [-0.4, -0.2) is 57.1 Å². The standard InChI is InChI=1S/C20H28N4O2S2/c1-15-13-23(9-10-26-15)19(25)14-28-20-22-21-18(12-17-8-5-11-27-17)24(20)16-6-3-2-4-7-16/h5,8,11,15-16H,2-4,6-7,9-10,12-14H2,1H3. The summed E-state index contributed by atoms with van der Waals surface area (Å²) in [5.41, 5.74) is 0. The number of aromatic nitrogens is 3. The number of thioether (sulfide) groups is 1. The summed E-state index contributed by atoms with van der Waals surface area (Å²) in [5, 5.41) is 12.0. The Labute approximate surface area is 174 Å². The molecule has 1 saturated heterocycles. The van der Waals surface area contributed by atoms with Gasteiger partial charge < -0.3 is 14.2 Å². The van der Waals surface area contributed by atoms with Crippen LogP contribution in [0.1, 0.15) is 55.8 Å². The molecule has 1 amide bonds. The number of hydrogen-bond donors (Lipinski definition) is 0. The van der Waals surface area contributed by atoms with Crippen molar-refractivity contribution >= 4 is 29.0 Å². The molecule has 2 fully saturated rings. The Morgan fingerprint density at radius 1 is 1.32 bits per heavy atom. The summed E-state index contributed by atoms with van der Waals surface area (Å²) >= 11 is 3.30. The van der Waals surface area contributed by atoms with Gasteiger partial charge in [-0.1, -0.05) is 37.1 Å². The Morgan fingerprint density at radius 2 is 2.18 bits per heavy atom. The molecule has 0 aromatic carbocycles. The topological polar surface area (TPSA) is 60.2 Å². The average molecular weight is 421 g/mol. The second kappa shape index (κ2) is 9.41. The van der Waals surface area contributed by atoms with Gasteiger partial charge in [0.2, 0.25) is 5.91 Å². The third kappa shape index (κ3) is 4.78. The molecule has 0 spiro atoms. The van der Waals surface area contributed by atoms with E-state index >= 15 is 0 Å². The lowest BCUT2D eigenvalue weighted by molar-refractivity contribution is -0.135. The number of carbonyl (C=O) groups excluding carboxylic acids is 1. The predicted molar refractivity (Wildman–Crippen MR) is 112 cm³/mol. The first-order valence-corrected chi connectivity index (χ1v) is 12.1. The lowest BCUT2D eigenvalue weighted by Crippen LogP contribution is -2.45. The number of carbonyl (C=O) groups is 1. The molecule has 2 aromatic rings. The van der Waals surface area contributed by atoms with Crippen molar-refractivity contribution in [1.82, 2.24) is 19.7 Å². The molecule has 4 rings (SSSR count). The van der Waals surface area contributed by atoms with Crippen LogP contribution in [0.4, 0.5) is 0 Å². The van der Waals surface area contributed by atoms with Crippen molar-refractivity contribution in [3.63, 3.8) is 0 Å². The quantitative estimate of drug-likeness (QED) is 0.666. The molecule has 1 unspecified atom stereocenters. The van der Waals surface area contributed by atoms with Gasteiger partial charge in [0, 0.05) is 30.4 Å². The van der Waals surface area contributed by atoms with E-state index in [-0.39, 0.29) is 12.0 Å². The molecule has 1 atom stereocenters. The summed E-state index contributed by atoms with van der Waals surface area (Å²) in [4.78, 5) is 15.9. The van der Waals surface area contributed by atoms with Crippen LogP contribution in [0.5, 0.6) is 0 Å². The largest absolute Gasteiger partial charge is 0.375 e. The Hall–Kier alpha value is -1.38. The number of thiophene rings is 1. The second-order valence-electron chi connectivity index (χ2n) is 7.63. The maximum Gasteiger partial charge on any atom is 0.233 e. The fourth-order valence-corrected chi connectivity index (χ4v) is 5.69. The molecule has 8 heteroatoms. The van der Waals surface area contributed by atoms with E-state index in [4.69, 9.17) is 4.74 Å². The molecule has 0 N–H and O–H groups in total. The van der Waals surface area contributed by atoms with Crippen LogP contribution in [0, 0.1) is 0 Å². The SMILES string of the molecule is CC1CN(C(=O)CSc2nnc(Cc3cccs3)n2C2CCCCC2)CCO1. The highest BCUT2D eigenvalue weighted by Crippen LogP contribution is 2.33. The zero-order valence-electron chi connectivity index (χ0n) is 16.4. The number of amides is 1. The summed E-state index contributed by atoms with van der Waals surface area (Å²) in [5.74, 6) is 1.61. The Morgan fingerprint density at radius 3 is 2.93 bits per heavy atom. The van der Waals surface area contributed by atoms with Crippen LogP contribution >= 0.6 is 23.1 Å². The number of nitrogens with zero attached hydrogens (tertiary/aromatic N) is 4. The molecule has 0 bridgehead atoms. The van der Waals surface area contributed by atoms with Gasteiger partial charge >= 0.3 is 0 Å². The van der Waals surface area contributed by atoms with Gasteiger partial charge in [0.1, 0.15) is 5.82 Å². The van der Waals surface area contributed by atoms with Gasteiger partial charge in [-0.3, -0.25) is 4.79 Å². The lowest BCUT2D eigenvalue weighted by Gasteiger charge is -2.31. The molecule has 3 heterocycles. The number of morpholine rings is 1. The van der Waals surface area contributed by atoms with Crippen molar-refractivity contribution in [2.45, 2.75) is 62.8 Å². The third-order valence-corrected chi connectivity index (χ3v) is 7.31. The molecule has 152 valence electrons. The monoisotopic (exact) mass is 420 g/mol. The normalized spacial score (nSPS) is 21.2. The van der Waals surface area contributed by atoms with Gasteiger partial charge in [0.05, 0.1) is 18.5 Å². The van der Waals surface area contributed by atoms with Gasteiger partial charge in [-0.15, -0.1) is 21.5 Å². The van der Waals surface area contributed by atoms with Gasteiger partial charge in [0.25, 0.3) is 0 Å². The molecule has 1 aliphatic heterocycles. The van der Waals surface area contributed by atoms with E-state index in [2.05, 4.69) is 32.3 Å². The Kier molecular flexibility index (Phi) is 6.69. The van der Waals surface area contributed by atoms with Crippen molar-refractivity contribution in [2.24, 2.45) is 0 Å². The minimum Gasteiger partial charge on any atom is -0.375 e. The molecular weight excluding hydrogens is 392 g/mol. The fourth-order valence-electron chi connectivity index (χ4n) is 4.06. The van der Waals surface area contributed by atoms with E-state index in [9.17, 15) is 4.79 Å². The zero-order chi connectivity index (χ0) is 19.3. The van der Waals surface area contributed by atoms with Crippen LogP contribution < -0.4 is 0 Å². The molecule has 6 nitrogen and oxygen atoms in total. The highest BCUT2D eigenvalue weighted by atomic mass is 32.2. The van der Waals surface area contributed by atoms with Crippen LogP contribution in [0.3, 0.4) is 0 Å². The Bertz CT molecular complexity index is 771. The maximum absolute atomic E-state index is 12.7. The van der Waals surface area contributed by atoms with E-state index in [0.29, 0.717) is 31.5 Å². The smallest absolute Gasteiger partial charge is 0.233 e. The first-order valence-electron chi connectivity index (χ1n) is 10.2. The Balaban J connectivity index is 1.47. The molecule has 0 radical (unpaired) electrons. The van der Waals surface area contributed by atoms with Gasteiger partial charge in [-0.05, 0) is 31.2 Å². The van der Waals surface area contributed by atoms with Crippen molar-refractivity contribution < 1.29 is 9.53 Å². The van der Waals surface area contributed by atoms with Crippen molar-refractivity contribution in [2.75, 3.05) is 25.4 Å². The van der Waals surface area contributed by atoms with E-state index in [1.807, 2.05) is 11.8 Å². The molecule has 1 aliphatic carbocycles. The predicted octanol–water partition coefficient (Wildman–Crippen LogP) is 3.78. The number of rotatable bonds is 6. The van der Waals surface area contributed by atoms with E-state index in [0.717, 1.165) is 17.4 Å². The molecular formula is C20H28N4O2S2. The zero-order valence-corrected chi connectivity index (χ0v) is 18.0. The number of ether oxygens (including phenoxy) is 1. The minimum atomic E-state index is 0.117. The summed E-state index contributed by atoms with van der Waals surface area (Å²) in [7, 11) is 0. The van der Waals surface area contributed by atoms with Gasteiger partial charge in [-0.25, -0.2) is 0 Å². The second-order valence-corrected chi connectivity index (χ2v) is 9.60. The van der Waals surface area contributed by atoms with Crippen molar-refractivity contribution in [3.05, 3.63) is 28.2 Å². The van der Waals surface area contributed by atoms with Crippen LogP contribution in [0.25, 0.3) is 0 Å². The van der Waals surface area contributed by atoms with E-state index < -0.39 is 0 Å². The van der Waals surface area contributed by atoms with Crippen LogP contribution in [-0.2, 0) is 16.0 Å². The van der Waals surface area contributed by atoms with E-state index in [1.165, 1.54) is 48.7 Å². The summed E-state index contributed by atoms with van der Waals surface area (Å²) in [6.07, 6.45) is 7.12. The molecule has 2 aromatic heterocycles. The average Bonchev–Trinajstić information content (AvgIpc) is 3.37. The summed E-state index contributed by atoms with van der Waals surface area (Å²) in [6, 6.07) is 4.69. The summed E-state index contributed by atoms with van der Waals surface area (Å²) in [6.45, 7) is 4.00. The highest BCUT2D eigenvalue weighted by Gasteiger charge is 2.25. The van der Waals surface area contributed by atoms with Gasteiger partial charge in [0.15, 0.2) is 5.16 Å². The van der Waals surface area contributed by atoms with Crippen molar-refractivity contribution in [3.8, 4) is 0 Å². The number of hydrogen-bond acceptors (Lipinski definition) is 6. The van der Waals surface area contributed by atoms with Crippen molar-refractivity contribution in [1.29, 1.82) is 0 Å². The maximum atomic E-state index is 12.7. The highest BCUT2D eigenvalue weighted by molar-refractivity contribution is 7.99.